The zero-order valence-corrected chi connectivity index (χ0v) is 17.7. The summed E-state index contributed by atoms with van der Waals surface area (Å²) in [5.74, 6) is 2.09. The van der Waals surface area contributed by atoms with Crippen molar-refractivity contribution in [3.63, 3.8) is 0 Å². The number of carbonyl (C=O) groups is 1. The monoisotopic (exact) mass is 403 g/mol. The third kappa shape index (κ3) is 4.94. The zero-order valence-electron chi connectivity index (χ0n) is 17.7. The second kappa shape index (κ2) is 9.22. The number of carbonyl (C=O) groups excluding carboxylic acids is 1. The molecule has 0 bridgehead atoms. The summed E-state index contributed by atoms with van der Waals surface area (Å²) in [5.41, 5.74) is 3.00. The van der Waals surface area contributed by atoms with E-state index >= 15 is 0 Å². The smallest absolute Gasteiger partial charge is 0.253 e. The molecule has 1 saturated heterocycles. The van der Waals surface area contributed by atoms with Gasteiger partial charge >= 0.3 is 0 Å². The van der Waals surface area contributed by atoms with Gasteiger partial charge in [-0.15, -0.1) is 0 Å². The molecule has 3 aromatic rings. The van der Waals surface area contributed by atoms with Crippen molar-refractivity contribution in [2.75, 3.05) is 13.1 Å². The van der Waals surface area contributed by atoms with Crippen molar-refractivity contribution in [1.29, 1.82) is 0 Å². The van der Waals surface area contributed by atoms with Crippen molar-refractivity contribution < 1.29 is 4.79 Å². The Hall–Kier alpha value is -2.99. The largest absolute Gasteiger partial charge is 0.348 e. The summed E-state index contributed by atoms with van der Waals surface area (Å²) in [6.07, 6.45) is 8.12. The van der Waals surface area contributed by atoms with E-state index in [2.05, 4.69) is 52.2 Å². The maximum atomic E-state index is 12.6. The van der Waals surface area contributed by atoms with Gasteiger partial charge in [0.1, 0.15) is 12.1 Å². The molecule has 1 aromatic carbocycles. The minimum absolute atomic E-state index is 0.116. The number of benzene rings is 1. The van der Waals surface area contributed by atoms with Crippen LogP contribution in [-0.4, -0.2) is 38.4 Å². The summed E-state index contributed by atoms with van der Waals surface area (Å²) in [6.45, 7) is 8.39. The molecule has 2 atom stereocenters. The molecule has 6 heteroatoms. The predicted molar refractivity (Wildman–Crippen MR) is 117 cm³/mol. The number of pyridine rings is 1. The molecule has 1 amide bonds. The van der Waals surface area contributed by atoms with Gasteiger partial charge in [0.05, 0.1) is 5.56 Å². The van der Waals surface area contributed by atoms with Gasteiger partial charge in [-0.3, -0.25) is 14.3 Å². The lowest BCUT2D eigenvalue weighted by atomic mass is 9.91. The second-order valence-electron chi connectivity index (χ2n) is 8.47. The number of piperidine rings is 1. The third-order valence-corrected chi connectivity index (χ3v) is 5.68. The Labute approximate surface area is 178 Å². The number of rotatable bonds is 6. The average molecular weight is 404 g/mol. The number of nitrogens with zero attached hydrogens (tertiary/aromatic N) is 4. The molecular formula is C24H29N5O. The number of aromatic nitrogens is 3. The van der Waals surface area contributed by atoms with E-state index in [4.69, 9.17) is 0 Å². The van der Waals surface area contributed by atoms with Crippen LogP contribution in [0, 0.1) is 11.8 Å². The number of hydrogen-bond donors (Lipinski definition) is 1. The molecule has 2 aromatic heterocycles. The molecule has 2 unspecified atom stereocenters. The minimum Gasteiger partial charge on any atom is -0.348 e. The highest BCUT2D eigenvalue weighted by Gasteiger charge is 2.22. The van der Waals surface area contributed by atoms with Gasteiger partial charge in [0.25, 0.3) is 5.91 Å². The Balaban J connectivity index is 1.38. The number of nitrogens with one attached hydrogen (secondary N) is 1. The molecule has 4 rings (SSSR count). The number of likely N-dealkylation sites (tertiary alicyclic amines) is 1. The van der Waals surface area contributed by atoms with Crippen molar-refractivity contribution in [3.8, 4) is 5.82 Å². The van der Waals surface area contributed by atoms with E-state index in [9.17, 15) is 4.79 Å². The molecule has 1 fully saturated rings. The van der Waals surface area contributed by atoms with Gasteiger partial charge in [-0.1, -0.05) is 38.1 Å². The topological polar surface area (TPSA) is 63.1 Å². The van der Waals surface area contributed by atoms with E-state index in [0.29, 0.717) is 12.1 Å². The van der Waals surface area contributed by atoms with Crippen LogP contribution in [0.2, 0.25) is 0 Å². The van der Waals surface area contributed by atoms with Crippen LogP contribution in [0.3, 0.4) is 0 Å². The third-order valence-electron chi connectivity index (χ3n) is 5.68. The van der Waals surface area contributed by atoms with Crippen LogP contribution in [0.1, 0.15) is 41.8 Å². The highest BCUT2D eigenvalue weighted by Crippen LogP contribution is 2.23. The summed E-state index contributed by atoms with van der Waals surface area (Å²) in [6, 6.07) is 12.0. The molecule has 0 aliphatic carbocycles. The molecule has 0 radical (unpaired) electrons. The van der Waals surface area contributed by atoms with Crippen LogP contribution in [-0.2, 0) is 13.1 Å². The van der Waals surface area contributed by atoms with Crippen LogP contribution < -0.4 is 5.32 Å². The lowest BCUT2D eigenvalue weighted by Crippen LogP contribution is -2.38. The lowest BCUT2D eigenvalue weighted by molar-refractivity contribution is 0.0950. The summed E-state index contributed by atoms with van der Waals surface area (Å²) in [4.78, 5) is 23.5. The van der Waals surface area contributed by atoms with Crippen molar-refractivity contribution in [2.24, 2.45) is 11.8 Å². The Morgan fingerprint density at radius 1 is 1.10 bits per heavy atom. The van der Waals surface area contributed by atoms with E-state index < -0.39 is 0 Å². The molecule has 1 N–H and O–H groups in total. The van der Waals surface area contributed by atoms with Crippen LogP contribution >= 0.6 is 0 Å². The van der Waals surface area contributed by atoms with Gasteiger partial charge in [0.2, 0.25) is 0 Å². The Kier molecular flexibility index (Phi) is 6.23. The summed E-state index contributed by atoms with van der Waals surface area (Å²) < 4.78 is 1.81. The fraction of sp³-hybridized carbons (Fsp3) is 0.375. The molecule has 1 aliphatic heterocycles. The first-order valence-electron chi connectivity index (χ1n) is 10.6. The lowest BCUT2D eigenvalue weighted by Gasteiger charge is -2.35. The van der Waals surface area contributed by atoms with Crippen molar-refractivity contribution in [2.45, 2.75) is 33.4 Å². The average Bonchev–Trinajstić information content (AvgIpc) is 3.27. The normalized spacial score (nSPS) is 19.5. The Morgan fingerprint density at radius 2 is 1.87 bits per heavy atom. The molecule has 30 heavy (non-hydrogen) atoms. The summed E-state index contributed by atoms with van der Waals surface area (Å²) in [7, 11) is 0. The standard InChI is InChI=1S/C24H29N5O/c1-18-11-19(2)15-28(14-18)16-22-6-4-3-5-20(22)12-27-24(30)21-7-8-23(26-13-21)29-10-9-25-17-29/h3-10,13,17-19H,11-12,14-16H2,1-2H3,(H,27,30). The van der Waals surface area contributed by atoms with E-state index in [0.717, 1.165) is 37.3 Å². The van der Waals surface area contributed by atoms with Gasteiger partial charge in [-0.2, -0.15) is 0 Å². The molecule has 3 heterocycles. The highest BCUT2D eigenvalue weighted by atomic mass is 16.1. The minimum atomic E-state index is -0.116. The first kappa shape index (κ1) is 20.3. The molecule has 0 saturated carbocycles. The fourth-order valence-corrected chi connectivity index (χ4v) is 4.39. The number of hydrogen-bond acceptors (Lipinski definition) is 4. The maximum absolute atomic E-state index is 12.6. The van der Waals surface area contributed by atoms with Crippen LogP contribution in [0.4, 0.5) is 0 Å². The number of imidazole rings is 1. The molecule has 156 valence electrons. The molecule has 6 nitrogen and oxygen atoms in total. The van der Waals surface area contributed by atoms with E-state index in [1.165, 1.54) is 17.5 Å². The van der Waals surface area contributed by atoms with Crippen LogP contribution in [0.25, 0.3) is 5.82 Å². The van der Waals surface area contributed by atoms with Crippen LogP contribution in [0.15, 0.2) is 61.3 Å². The van der Waals surface area contributed by atoms with Gasteiger partial charge in [-0.05, 0) is 41.5 Å². The molecular weight excluding hydrogens is 374 g/mol. The van der Waals surface area contributed by atoms with E-state index in [1.807, 2.05) is 18.3 Å². The van der Waals surface area contributed by atoms with Crippen molar-refractivity contribution in [3.05, 3.63) is 78.0 Å². The molecule has 1 aliphatic rings. The predicted octanol–water partition coefficient (Wildman–Crippen LogP) is 3.68. The van der Waals surface area contributed by atoms with Crippen molar-refractivity contribution in [1.82, 2.24) is 24.8 Å². The SMILES string of the molecule is CC1CC(C)CN(Cc2ccccc2CNC(=O)c2ccc(-n3ccnc3)nc2)C1. The first-order valence-corrected chi connectivity index (χ1v) is 10.6. The highest BCUT2D eigenvalue weighted by molar-refractivity contribution is 5.93. The quantitative estimate of drug-likeness (QED) is 0.682. The second-order valence-corrected chi connectivity index (χ2v) is 8.47. The summed E-state index contributed by atoms with van der Waals surface area (Å²) in [5, 5.41) is 3.05. The first-order chi connectivity index (χ1) is 14.6. The van der Waals surface area contributed by atoms with Gasteiger partial charge in [0.15, 0.2) is 0 Å². The van der Waals surface area contributed by atoms with Gasteiger partial charge < -0.3 is 5.32 Å². The fourth-order valence-electron chi connectivity index (χ4n) is 4.39. The van der Waals surface area contributed by atoms with E-state index in [1.54, 1.807) is 29.4 Å². The zero-order chi connectivity index (χ0) is 20.9. The Morgan fingerprint density at radius 3 is 2.53 bits per heavy atom. The molecule has 0 spiro atoms. The van der Waals surface area contributed by atoms with Crippen LogP contribution in [0.5, 0.6) is 0 Å². The maximum Gasteiger partial charge on any atom is 0.253 e. The summed E-state index contributed by atoms with van der Waals surface area (Å²) >= 11 is 0. The van der Waals surface area contributed by atoms with Gasteiger partial charge in [-0.25, -0.2) is 9.97 Å². The van der Waals surface area contributed by atoms with Gasteiger partial charge in [0, 0.05) is 44.8 Å². The Bertz CT molecular complexity index is 958. The van der Waals surface area contributed by atoms with Crippen molar-refractivity contribution >= 4 is 5.91 Å². The van der Waals surface area contributed by atoms with E-state index in [-0.39, 0.29) is 5.91 Å². The number of amides is 1.